The molecule has 0 radical (unpaired) electrons. The number of rotatable bonds is 6. The molecule has 0 saturated carbocycles. The Morgan fingerprint density at radius 3 is 2.39 bits per heavy atom. The van der Waals surface area contributed by atoms with E-state index in [4.69, 9.17) is 9.47 Å². The van der Waals surface area contributed by atoms with Crippen molar-refractivity contribution in [3.63, 3.8) is 0 Å². The maximum Gasteiger partial charge on any atom is 0.320 e. The minimum absolute atomic E-state index is 0.0184. The first-order valence-corrected chi connectivity index (χ1v) is 10.6. The van der Waals surface area contributed by atoms with E-state index in [-0.39, 0.29) is 35.7 Å². The summed E-state index contributed by atoms with van der Waals surface area (Å²) >= 11 is 0. The van der Waals surface area contributed by atoms with Gasteiger partial charge in [0.25, 0.3) is 0 Å². The van der Waals surface area contributed by atoms with Gasteiger partial charge in [0.2, 0.25) is 5.79 Å². The maximum absolute atomic E-state index is 13.7. The number of ketones is 1. The quantitative estimate of drug-likeness (QED) is 0.526. The minimum atomic E-state index is -1.86. The van der Waals surface area contributed by atoms with Crippen molar-refractivity contribution < 1.29 is 29.3 Å². The van der Waals surface area contributed by atoms with Crippen LogP contribution in [0.15, 0.2) is 18.2 Å². The van der Waals surface area contributed by atoms with Gasteiger partial charge in [0.05, 0.1) is 12.2 Å². The SMILES string of the molecule is CCCC1(O)Oc2c(C)c(C)c(O)c(C(=O)c3ccc(C)cc3C)c2C1C(=O)OCC. The Bertz CT molecular complexity index is 1050. The van der Waals surface area contributed by atoms with Crippen LogP contribution in [0.5, 0.6) is 11.5 Å². The van der Waals surface area contributed by atoms with E-state index in [0.717, 1.165) is 11.1 Å². The molecular formula is C25H30O6. The first kappa shape index (κ1) is 22.8. The zero-order chi connectivity index (χ0) is 23.1. The third kappa shape index (κ3) is 3.69. The number of carbonyl (C=O) groups is 2. The van der Waals surface area contributed by atoms with Gasteiger partial charge in [-0.2, -0.15) is 0 Å². The van der Waals surface area contributed by atoms with E-state index < -0.39 is 23.5 Å². The molecule has 0 fully saturated rings. The molecule has 2 aromatic carbocycles. The fraction of sp³-hybridized carbons (Fsp3) is 0.440. The van der Waals surface area contributed by atoms with Crippen LogP contribution >= 0.6 is 0 Å². The lowest BCUT2D eigenvalue weighted by Crippen LogP contribution is -2.42. The molecule has 0 saturated heterocycles. The van der Waals surface area contributed by atoms with Gasteiger partial charge in [0.15, 0.2) is 11.7 Å². The zero-order valence-electron chi connectivity index (χ0n) is 19.0. The van der Waals surface area contributed by atoms with Crippen LogP contribution in [0.25, 0.3) is 0 Å². The smallest absolute Gasteiger partial charge is 0.320 e. The zero-order valence-corrected chi connectivity index (χ0v) is 19.0. The lowest BCUT2D eigenvalue weighted by molar-refractivity contribution is -0.176. The number of benzene rings is 2. The molecule has 2 aromatic rings. The number of ether oxygens (including phenoxy) is 2. The molecule has 166 valence electrons. The first-order chi connectivity index (χ1) is 14.6. The summed E-state index contributed by atoms with van der Waals surface area (Å²) in [4.78, 5) is 26.6. The van der Waals surface area contributed by atoms with Crippen molar-refractivity contribution in [1.29, 1.82) is 0 Å². The first-order valence-electron chi connectivity index (χ1n) is 10.6. The lowest BCUT2D eigenvalue weighted by atomic mass is 9.82. The minimum Gasteiger partial charge on any atom is -0.507 e. The van der Waals surface area contributed by atoms with E-state index in [9.17, 15) is 19.8 Å². The van der Waals surface area contributed by atoms with Crippen LogP contribution in [0.4, 0.5) is 0 Å². The van der Waals surface area contributed by atoms with Crippen LogP contribution in [-0.4, -0.2) is 34.4 Å². The molecule has 1 aliphatic heterocycles. The summed E-state index contributed by atoms with van der Waals surface area (Å²) < 4.78 is 11.2. The van der Waals surface area contributed by atoms with Crippen molar-refractivity contribution in [2.24, 2.45) is 0 Å². The number of aromatic hydroxyl groups is 1. The number of carbonyl (C=O) groups excluding carboxylic acids is 2. The van der Waals surface area contributed by atoms with E-state index in [0.29, 0.717) is 23.1 Å². The highest BCUT2D eigenvalue weighted by atomic mass is 16.6. The van der Waals surface area contributed by atoms with Crippen LogP contribution in [-0.2, 0) is 9.53 Å². The molecule has 0 amide bonds. The number of fused-ring (bicyclic) bond motifs is 1. The van der Waals surface area contributed by atoms with Gasteiger partial charge in [-0.05, 0) is 57.7 Å². The molecule has 6 heteroatoms. The summed E-state index contributed by atoms with van der Waals surface area (Å²) in [6.45, 7) is 10.8. The van der Waals surface area contributed by atoms with Crippen molar-refractivity contribution >= 4 is 11.8 Å². The van der Waals surface area contributed by atoms with Crippen LogP contribution < -0.4 is 4.74 Å². The van der Waals surface area contributed by atoms with E-state index >= 15 is 0 Å². The third-order valence-electron chi connectivity index (χ3n) is 6.01. The van der Waals surface area contributed by atoms with Crippen LogP contribution in [0.1, 0.15) is 76.3 Å². The van der Waals surface area contributed by atoms with Gasteiger partial charge in [-0.15, -0.1) is 0 Å². The standard InChI is InChI=1S/C25H30O6/c1-7-11-25(29)20(24(28)30-8-2)18-19(21(26)15(5)16(6)23(18)31-25)22(27)17-10-9-13(3)12-14(17)4/h9-10,12,20,26,29H,7-8,11H2,1-6H3. The van der Waals surface area contributed by atoms with E-state index in [1.807, 2.05) is 32.9 Å². The second kappa shape index (κ2) is 8.35. The fourth-order valence-corrected chi connectivity index (χ4v) is 4.36. The Kier molecular flexibility index (Phi) is 6.14. The highest BCUT2D eigenvalue weighted by Crippen LogP contribution is 2.53. The van der Waals surface area contributed by atoms with Crippen molar-refractivity contribution in [2.45, 2.75) is 66.1 Å². The number of aliphatic hydroxyl groups is 1. The largest absolute Gasteiger partial charge is 0.507 e. The average molecular weight is 427 g/mol. The average Bonchev–Trinajstić information content (AvgIpc) is 2.99. The van der Waals surface area contributed by atoms with Gasteiger partial charge >= 0.3 is 5.97 Å². The van der Waals surface area contributed by atoms with Crippen LogP contribution in [0.3, 0.4) is 0 Å². The van der Waals surface area contributed by atoms with Crippen molar-refractivity contribution in [1.82, 2.24) is 0 Å². The molecule has 1 aliphatic rings. The van der Waals surface area contributed by atoms with E-state index in [1.54, 1.807) is 26.8 Å². The molecule has 2 unspecified atom stereocenters. The van der Waals surface area contributed by atoms with Gasteiger partial charge in [-0.1, -0.05) is 30.7 Å². The Morgan fingerprint density at radius 1 is 1.13 bits per heavy atom. The third-order valence-corrected chi connectivity index (χ3v) is 6.01. The van der Waals surface area contributed by atoms with Crippen molar-refractivity contribution in [3.8, 4) is 11.5 Å². The molecule has 6 nitrogen and oxygen atoms in total. The molecule has 0 aromatic heterocycles. The summed E-state index contributed by atoms with van der Waals surface area (Å²) in [5, 5.41) is 22.4. The number of hydrogen-bond acceptors (Lipinski definition) is 6. The van der Waals surface area contributed by atoms with E-state index in [2.05, 4.69) is 0 Å². The van der Waals surface area contributed by atoms with Crippen molar-refractivity contribution in [2.75, 3.05) is 6.61 Å². The lowest BCUT2D eigenvalue weighted by Gasteiger charge is -2.27. The molecular weight excluding hydrogens is 396 g/mol. The molecule has 0 aliphatic carbocycles. The molecule has 0 spiro atoms. The van der Waals surface area contributed by atoms with Gasteiger partial charge in [0, 0.05) is 17.5 Å². The van der Waals surface area contributed by atoms with Crippen molar-refractivity contribution in [3.05, 3.63) is 57.1 Å². The summed E-state index contributed by atoms with van der Waals surface area (Å²) in [6.07, 6.45) is 0.715. The van der Waals surface area contributed by atoms with Gasteiger partial charge in [-0.3, -0.25) is 9.59 Å². The number of esters is 1. The Hall–Kier alpha value is -2.86. The van der Waals surface area contributed by atoms with Gasteiger partial charge in [-0.25, -0.2) is 0 Å². The summed E-state index contributed by atoms with van der Waals surface area (Å²) in [7, 11) is 0. The fourth-order valence-electron chi connectivity index (χ4n) is 4.36. The molecule has 3 rings (SSSR count). The number of hydrogen-bond donors (Lipinski definition) is 2. The summed E-state index contributed by atoms with van der Waals surface area (Å²) in [5.41, 5.74) is 3.40. The normalized spacial score (nSPS) is 19.6. The summed E-state index contributed by atoms with van der Waals surface area (Å²) in [6, 6.07) is 5.42. The Morgan fingerprint density at radius 2 is 1.81 bits per heavy atom. The van der Waals surface area contributed by atoms with Gasteiger partial charge in [0.1, 0.15) is 11.5 Å². The van der Waals surface area contributed by atoms with Crippen LogP contribution in [0, 0.1) is 27.7 Å². The highest BCUT2D eigenvalue weighted by Gasteiger charge is 2.55. The number of aryl methyl sites for hydroxylation is 2. The number of phenols is 1. The molecule has 2 N–H and O–H groups in total. The van der Waals surface area contributed by atoms with Gasteiger partial charge < -0.3 is 19.7 Å². The topological polar surface area (TPSA) is 93.1 Å². The molecule has 31 heavy (non-hydrogen) atoms. The van der Waals surface area contributed by atoms with Crippen LogP contribution in [0.2, 0.25) is 0 Å². The predicted molar refractivity (Wildman–Crippen MR) is 117 cm³/mol. The Labute approximate surface area is 182 Å². The monoisotopic (exact) mass is 426 g/mol. The highest BCUT2D eigenvalue weighted by molar-refractivity contribution is 6.14. The molecule has 0 bridgehead atoms. The molecule has 1 heterocycles. The maximum atomic E-state index is 13.7. The summed E-state index contributed by atoms with van der Waals surface area (Å²) in [5.74, 6) is -4.15. The Balaban J connectivity index is 2.33. The molecule has 2 atom stereocenters. The van der Waals surface area contributed by atoms with E-state index in [1.165, 1.54) is 0 Å². The number of phenolic OH excluding ortho intramolecular Hbond substituents is 1. The second-order valence-corrected chi connectivity index (χ2v) is 8.25. The second-order valence-electron chi connectivity index (χ2n) is 8.25. The predicted octanol–water partition coefficient (Wildman–Crippen LogP) is 4.38.